The van der Waals surface area contributed by atoms with Gasteiger partial charge in [-0.3, -0.25) is 0 Å². The molecule has 0 saturated carbocycles. The number of hydrogen-bond donors (Lipinski definition) is 0. The second kappa shape index (κ2) is 6.06. The van der Waals surface area contributed by atoms with Gasteiger partial charge < -0.3 is 14.6 Å². The molecule has 1 aromatic rings. The number of aryl methyl sites for hydroxylation is 1. The molecule has 0 N–H and O–H groups in total. The Morgan fingerprint density at radius 1 is 1.43 bits per heavy atom. The van der Waals surface area contributed by atoms with Crippen molar-refractivity contribution in [3.05, 3.63) is 29.8 Å². The summed E-state index contributed by atoms with van der Waals surface area (Å²) in [4.78, 5) is 10.4. The second-order valence-corrected chi connectivity index (χ2v) is 2.84. The van der Waals surface area contributed by atoms with E-state index in [0.717, 1.165) is 5.56 Å². The molecule has 1 unspecified atom stereocenters. The zero-order valence-corrected chi connectivity index (χ0v) is 10.6. The van der Waals surface area contributed by atoms with Crippen molar-refractivity contribution in [1.29, 1.82) is 0 Å². The van der Waals surface area contributed by atoms with Crippen LogP contribution < -0.4 is 39.4 Å². The average molecular weight is 202 g/mol. The summed E-state index contributed by atoms with van der Waals surface area (Å²) in [5.41, 5.74) is 0.913. The number of hydrogen-bond acceptors (Lipinski definition) is 3. The Hall–Kier alpha value is -0.510. The first-order valence-corrected chi connectivity index (χ1v) is 4.04. The molecular weight excluding hydrogens is 191 g/mol. The monoisotopic (exact) mass is 202 g/mol. The van der Waals surface area contributed by atoms with E-state index in [4.69, 9.17) is 4.74 Å². The molecule has 0 aliphatic heterocycles. The summed E-state index contributed by atoms with van der Waals surface area (Å²) in [7, 11) is 0. The van der Waals surface area contributed by atoms with E-state index in [9.17, 15) is 9.90 Å². The number of ether oxygens (including phenoxy) is 1. The van der Waals surface area contributed by atoms with Crippen LogP contribution in [0.15, 0.2) is 24.3 Å². The first kappa shape index (κ1) is 13.5. The molecule has 0 aliphatic rings. The van der Waals surface area contributed by atoms with Gasteiger partial charge in [0.15, 0.2) is 0 Å². The van der Waals surface area contributed by atoms with Crippen molar-refractivity contribution in [3.8, 4) is 5.75 Å². The van der Waals surface area contributed by atoms with Crippen LogP contribution >= 0.6 is 0 Å². The van der Waals surface area contributed by atoms with Crippen LogP contribution in [0.4, 0.5) is 0 Å². The minimum atomic E-state index is -1.21. The zero-order valence-electron chi connectivity index (χ0n) is 8.61. The van der Waals surface area contributed by atoms with Crippen molar-refractivity contribution in [2.24, 2.45) is 0 Å². The number of carboxylic acids is 1. The van der Waals surface area contributed by atoms with Crippen LogP contribution in [0.2, 0.25) is 0 Å². The van der Waals surface area contributed by atoms with Crippen LogP contribution in [-0.4, -0.2) is 12.1 Å². The van der Waals surface area contributed by atoms with Crippen molar-refractivity contribution in [2.75, 3.05) is 0 Å². The van der Waals surface area contributed by atoms with Gasteiger partial charge in [0, 0.05) is 0 Å². The third-order valence-electron chi connectivity index (χ3n) is 1.73. The maximum absolute atomic E-state index is 10.4. The van der Waals surface area contributed by atoms with Gasteiger partial charge in [-0.1, -0.05) is 18.2 Å². The molecule has 1 rings (SSSR count). The fraction of sp³-hybridized carbons (Fsp3) is 0.300. The van der Waals surface area contributed by atoms with Crippen molar-refractivity contribution in [1.82, 2.24) is 0 Å². The fourth-order valence-corrected chi connectivity index (χ4v) is 0.927. The van der Waals surface area contributed by atoms with Gasteiger partial charge in [-0.2, -0.15) is 0 Å². The normalized spacial score (nSPS) is 11.3. The van der Waals surface area contributed by atoms with E-state index in [-0.39, 0.29) is 29.6 Å². The Morgan fingerprint density at radius 3 is 2.50 bits per heavy atom. The Bertz CT molecular complexity index is 312. The van der Waals surface area contributed by atoms with E-state index >= 15 is 0 Å². The van der Waals surface area contributed by atoms with Crippen LogP contribution in [0.1, 0.15) is 12.5 Å². The summed E-state index contributed by atoms with van der Waals surface area (Å²) in [5, 5.41) is 10.4. The molecule has 0 amide bonds. The van der Waals surface area contributed by atoms with Crippen molar-refractivity contribution in [2.45, 2.75) is 20.0 Å². The van der Waals surface area contributed by atoms with E-state index in [0.29, 0.717) is 5.75 Å². The SMILES string of the molecule is Cc1ccccc1OC(C)C(=O)[O-].[Na+]. The average Bonchev–Trinajstić information content (AvgIpc) is 2.08. The van der Waals surface area contributed by atoms with E-state index < -0.39 is 12.1 Å². The predicted octanol–water partition coefficient (Wildman–Crippen LogP) is -2.48. The molecular formula is C10H11NaO3. The maximum atomic E-state index is 10.4. The van der Waals surface area contributed by atoms with Crippen LogP contribution in [-0.2, 0) is 4.79 Å². The molecule has 0 fully saturated rings. The smallest absolute Gasteiger partial charge is 0.546 e. The molecule has 14 heavy (non-hydrogen) atoms. The first-order chi connectivity index (χ1) is 6.11. The molecule has 0 aromatic heterocycles. The third kappa shape index (κ3) is 3.70. The summed E-state index contributed by atoms with van der Waals surface area (Å²) >= 11 is 0. The van der Waals surface area contributed by atoms with Gasteiger partial charge in [-0.05, 0) is 25.5 Å². The molecule has 70 valence electrons. The van der Waals surface area contributed by atoms with E-state index in [1.54, 1.807) is 12.1 Å². The number of carboxylic acid groups (broad SMARTS) is 1. The Balaban J connectivity index is 0.00000169. The minimum Gasteiger partial charge on any atom is -0.546 e. The molecule has 4 heteroatoms. The summed E-state index contributed by atoms with van der Waals surface area (Å²) < 4.78 is 5.14. The fourth-order valence-electron chi connectivity index (χ4n) is 0.927. The van der Waals surface area contributed by atoms with E-state index in [2.05, 4.69) is 0 Å². The molecule has 3 nitrogen and oxygen atoms in total. The van der Waals surface area contributed by atoms with Crippen LogP contribution in [0.25, 0.3) is 0 Å². The van der Waals surface area contributed by atoms with Crippen molar-refractivity contribution in [3.63, 3.8) is 0 Å². The van der Waals surface area contributed by atoms with Gasteiger partial charge in [0.05, 0.1) is 5.97 Å². The van der Waals surface area contributed by atoms with Gasteiger partial charge in [-0.25, -0.2) is 0 Å². The van der Waals surface area contributed by atoms with Gasteiger partial charge in [0.25, 0.3) is 0 Å². The van der Waals surface area contributed by atoms with Crippen LogP contribution in [0.3, 0.4) is 0 Å². The predicted molar refractivity (Wildman–Crippen MR) is 46.3 cm³/mol. The molecule has 0 aliphatic carbocycles. The van der Waals surface area contributed by atoms with Crippen molar-refractivity contribution < 1.29 is 44.2 Å². The molecule has 1 aromatic carbocycles. The molecule has 0 bridgehead atoms. The molecule has 0 heterocycles. The molecule has 0 radical (unpaired) electrons. The van der Waals surface area contributed by atoms with Crippen LogP contribution in [0, 0.1) is 6.92 Å². The number of benzene rings is 1. The standard InChI is InChI=1S/C10H12O3.Na/c1-7-5-3-4-6-9(7)13-8(2)10(11)12;/h3-6,8H,1-2H3,(H,11,12);/q;+1/p-1. The number of aliphatic carboxylic acids is 1. The Morgan fingerprint density at radius 2 is 2.00 bits per heavy atom. The van der Waals surface area contributed by atoms with Gasteiger partial charge in [-0.15, -0.1) is 0 Å². The van der Waals surface area contributed by atoms with Crippen molar-refractivity contribution >= 4 is 5.97 Å². The van der Waals surface area contributed by atoms with Gasteiger partial charge in [0.1, 0.15) is 11.9 Å². The minimum absolute atomic E-state index is 0. The topological polar surface area (TPSA) is 49.4 Å². The van der Waals surface area contributed by atoms with Gasteiger partial charge >= 0.3 is 29.6 Å². The summed E-state index contributed by atoms with van der Waals surface area (Å²) in [6, 6.07) is 7.25. The molecule has 1 atom stereocenters. The number of para-hydroxylation sites is 1. The first-order valence-electron chi connectivity index (χ1n) is 4.04. The van der Waals surface area contributed by atoms with E-state index in [1.807, 2.05) is 19.1 Å². The second-order valence-electron chi connectivity index (χ2n) is 2.84. The molecule has 0 saturated heterocycles. The Labute approximate surface area is 105 Å². The quantitative estimate of drug-likeness (QED) is 0.510. The number of carbonyl (C=O) groups is 1. The summed E-state index contributed by atoms with van der Waals surface area (Å²) in [6.07, 6.45) is -0.916. The summed E-state index contributed by atoms with van der Waals surface area (Å²) in [5.74, 6) is -0.623. The number of carbonyl (C=O) groups excluding carboxylic acids is 1. The maximum Gasteiger partial charge on any atom is 1.00 e. The Kier molecular flexibility index (Phi) is 5.84. The number of rotatable bonds is 3. The zero-order chi connectivity index (χ0) is 9.84. The third-order valence-corrected chi connectivity index (χ3v) is 1.73. The molecule has 0 spiro atoms. The largest absolute Gasteiger partial charge is 1.00 e. The van der Waals surface area contributed by atoms with E-state index in [1.165, 1.54) is 6.92 Å². The van der Waals surface area contributed by atoms with Gasteiger partial charge in [0.2, 0.25) is 0 Å². The van der Waals surface area contributed by atoms with Crippen LogP contribution in [0.5, 0.6) is 5.75 Å². The summed E-state index contributed by atoms with van der Waals surface area (Å²) in [6.45, 7) is 3.30.